The van der Waals surface area contributed by atoms with Crippen molar-refractivity contribution in [2.75, 3.05) is 14.1 Å². The topological polar surface area (TPSA) is 32.3 Å². The van der Waals surface area contributed by atoms with Crippen LogP contribution >= 0.6 is 0 Å². The van der Waals surface area contributed by atoms with Crippen molar-refractivity contribution in [2.45, 2.75) is 37.8 Å². The number of rotatable bonds is 3. The van der Waals surface area contributed by atoms with Gasteiger partial charge < -0.3 is 10.2 Å². The van der Waals surface area contributed by atoms with Crippen LogP contribution < -0.4 is 5.32 Å². The number of benzene rings is 1. The van der Waals surface area contributed by atoms with Crippen LogP contribution in [0.25, 0.3) is 0 Å². The van der Waals surface area contributed by atoms with Crippen LogP contribution in [-0.2, 0) is 17.6 Å². The molecule has 2 aliphatic carbocycles. The standard InChI is InChI=1S/C16H22N2O/c1-18(2)15-9-13(10-15)16(19)17-14-7-11-5-3-4-6-12(11)8-14/h3-6,13-15H,7-10H2,1-2H3,(H,17,19). The Balaban J connectivity index is 1.50. The lowest BCUT2D eigenvalue weighted by Gasteiger charge is -2.39. The van der Waals surface area contributed by atoms with Gasteiger partial charge in [0, 0.05) is 18.0 Å². The van der Waals surface area contributed by atoms with Crippen molar-refractivity contribution in [2.24, 2.45) is 5.92 Å². The summed E-state index contributed by atoms with van der Waals surface area (Å²) in [5.41, 5.74) is 2.79. The maximum Gasteiger partial charge on any atom is 0.223 e. The first-order valence-electron chi connectivity index (χ1n) is 7.17. The number of hydrogen-bond donors (Lipinski definition) is 1. The van der Waals surface area contributed by atoms with Gasteiger partial charge in [-0.15, -0.1) is 0 Å². The number of nitrogens with one attached hydrogen (secondary N) is 1. The average Bonchev–Trinajstić information content (AvgIpc) is 2.67. The summed E-state index contributed by atoms with van der Waals surface area (Å²) in [7, 11) is 4.18. The van der Waals surface area contributed by atoms with E-state index in [4.69, 9.17) is 0 Å². The lowest BCUT2D eigenvalue weighted by molar-refractivity contribution is -0.130. The fourth-order valence-corrected chi connectivity index (χ4v) is 3.20. The van der Waals surface area contributed by atoms with Crippen molar-refractivity contribution in [1.82, 2.24) is 10.2 Å². The van der Waals surface area contributed by atoms with Crippen molar-refractivity contribution in [3.8, 4) is 0 Å². The number of carbonyl (C=O) groups excluding carboxylic acids is 1. The fraction of sp³-hybridized carbons (Fsp3) is 0.562. The van der Waals surface area contributed by atoms with Gasteiger partial charge in [0.15, 0.2) is 0 Å². The van der Waals surface area contributed by atoms with E-state index in [0.717, 1.165) is 25.7 Å². The molecule has 19 heavy (non-hydrogen) atoms. The zero-order valence-electron chi connectivity index (χ0n) is 11.7. The summed E-state index contributed by atoms with van der Waals surface area (Å²) in [5.74, 6) is 0.493. The number of amides is 1. The predicted octanol–water partition coefficient (Wildman–Crippen LogP) is 1.61. The number of nitrogens with zero attached hydrogens (tertiary/aromatic N) is 1. The molecule has 102 valence electrons. The van der Waals surface area contributed by atoms with Crippen LogP contribution in [0.1, 0.15) is 24.0 Å². The van der Waals surface area contributed by atoms with Gasteiger partial charge in [0.05, 0.1) is 0 Å². The van der Waals surface area contributed by atoms with E-state index in [-0.39, 0.29) is 11.8 Å². The monoisotopic (exact) mass is 258 g/mol. The first-order valence-corrected chi connectivity index (χ1v) is 7.17. The Bertz CT molecular complexity index is 452. The molecular formula is C16H22N2O. The second kappa shape index (κ2) is 4.97. The molecule has 0 unspecified atom stereocenters. The maximum atomic E-state index is 12.2. The highest BCUT2D eigenvalue weighted by atomic mass is 16.2. The second-order valence-electron chi connectivity index (χ2n) is 6.17. The van der Waals surface area contributed by atoms with Crippen LogP contribution in [0.4, 0.5) is 0 Å². The van der Waals surface area contributed by atoms with Crippen molar-refractivity contribution < 1.29 is 4.79 Å². The molecule has 2 aliphatic rings. The molecule has 0 spiro atoms. The summed E-state index contributed by atoms with van der Waals surface area (Å²) in [6.45, 7) is 0. The quantitative estimate of drug-likeness (QED) is 0.893. The second-order valence-corrected chi connectivity index (χ2v) is 6.17. The van der Waals surface area contributed by atoms with Gasteiger partial charge >= 0.3 is 0 Å². The van der Waals surface area contributed by atoms with Gasteiger partial charge in [0.25, 0.3) is 0 Å². The maximum absolute atomic E-state index is 12.2. The number of fused-ring (bicyclic) bond motifs is 1. The minimum Gasteiger partial charge on any atom is -0.352 e. The normalized spacial score (nSPS) is 26.1. The van der Waals surface area contributed by atoms with Crippen molar-refractivity contribution >= 4 is 5.91 Å². The third-order valence-corrected chi connectivity index (χ3v) is 4.61. The molecule has 1 aromatic rings. The van der Waals surface area contributed by atoms with Gasteiger partial charge in [-0.3, -0.25) is 4.79 Å². The molecule has 1 N–H and O–H groups in total. The van der Waals surface area contributed by atoms with Crippen LogP contribution in [0.2, 0.25) is 0 Å². The Hall–Kier alpha value is -1.35. The molecule has 0 atom stereocenters. The zero-order chi connectivity index (χ0) is 13.4. The SMILES string of the molecule is CN(C)C1CC(C(=O)NC2Cc3ccccc3C2)C1. The van der Waals surface area contributed by atoms with Gasteiger partial charge in [0.2, 0.25) is 5.91 Å². The lowest BCUT2D eigenvalue weighted by atomic mass is 9.79. The first-order chi connectivity index (χ1) is 9.13. The highest BCUT2D eigenvalue weighted by Crippen LogP contribution is 2.31. The molecule has 0 radical (unpaired) electrons. The fourth-order valence-electron chi connectivity index (χ4n) is 3.20. The summed E-state index contributed by atoms with van der Waals surface area (Å²) in [4.78, 5) is 14.4. The Morgan fingerprint density at radius 3 is 2.26 bits per heavy atom. The first kappa shape index (κ1) is 12.7. The molecule has 3 rings (SSSR count). The molecule has 3 nitrogen and oxygen atoms in total. The highest BCUT2D eigenvalue weighted by molar-refractivity contribution is 5.80. The largest absolute Gasteiger partial charge is 0.352 e. The van der Waals surface area contributed by atoms with E-state index >= 15 is 0 Å². The van der Waals surface area contributed by atoms with Crippen LogP contribution in [0.15, 0.2) is 24.3 Å². The third kappa shape index (κ3) is 2.52. The summed E-state index contributed by atoms with van der Waals surface area (Å²) in [5, 5.41) is 3.23. The van der Waals surface area contributed by atoms with Gasteiger partial charge in [-0.2, -0.15) is 0 Å². The summed E-state index contributed by atoms with van der Waals surface area (Å²) >= 11 is 0. The van der Waals surface area contributed by atoms with Crippen molar-refractivity contribution in [3.63, 3.8) is 0 Å². The third-order valence-electron chi connectivity index (χ3n) is 4.61. The van der Waals surface area contributed by atoms with Gasteiger partial charge in [-0.1, -0.05) is 24.3 Å². The van der Waals surface area contributed by atoms with E-state index < -0.39 is 0 Å². The molecule has 0 saturated heterocycles. The van der Waals surface area contributed by atoms with E-state index in [1.54, 1.807) is 0 Å². The van der Waals surface area contributed by atoms with E-state index in [0.29, 0.717) is 12.1 Å². The summed E-state index contributed by atoms with van der Waals surface area (Å²) in [6, 6.07) is 9.41. The molecule has 0 bridgehead atoms. The minimum absolute atomic E-state index is 0.233. The van der Waals surface area contributed by atoms with Crippen LogP contribution in [-0.4, -0.2) is 37.0 Å². The Kier molecular flexibility index (Phi) is 3.31. The molecule has 1 saturated carbocycles. The highest BCUT2D eigenvalue weighted by Gasteiger charge is 2.36. The van der Waals surface area contributed by atoms with E-state index in [1.807, 2.05) is 0 Å². The van der Waals surface area contributed by atoms with Crippen molar-refractivity contribution in [3.05, 3.63) is 35.4 Å². The molecule has 1 fully saturated rings. The molecule has 1 aromatic carbocycles. The van der Waals surface area contributed by atoms with Crippen molar-refractivity contribution in [1.29, 1.82) is 0 Å². The average molecular weight is 258 g/mol. The number of carbonyl (C=O) groups is 1. The van der Waals surface area contributed by atoms with E-state index in [9.17, 15) is 4.79 Å². The zero-order valence-corrected chi connectivity index (χ0v) is 11.7. The Morgan fingerprint density at radius 1 is 1.16 bits per heavy atom. The molecule has 3 heteroatoms. The van der Waals surface area contributed by atoms with Crippen LogP contribution in [0.5, 0.6) is 0 Å². The lowest BCUT2D eigenvalue weighted by Crippen LogP contribution is -2.49. The van der Waals surface area contributed by atoms with E-state index in [1.165, 1.54) is 11.1 Å². The van der Waals surface area contributed by atoms with Crippen LogP contribution in [0, 0.1) is 5.92 Å². The van der Waals surface area contributed by atoms with Gasteiger partial charge in [-0.25, -0.2) is 0 Å². The Labute approximate surface area is 115 Å². The van der Waals surface area contributed by atoms with E-state index in [2.05, 4.69) is 48.6 Å². The molecule has 0 aromatic heterocycles. The molecule has 1 amide bonds. The minimum atomic E-state index is 0.233. The molecule has 0 aliphatic heterocycles. The predicted molar refractivity (Wildman–Crippen MR) is 76.0 cm³/mol. The summed E-state index contributed by atoms with van der Waals surface area (Å²) in [6.07, 6.45) is 4.01. The summed E-state index contributed by atoms with van der Waals surface area (Å²) < 4.78 is 0. The molecular weight excluding hydrogens is 236 g/mol. The van der Waals surface area contributed by atoms with Crippen LogP contribution in [0.3, 0.4) is 0 Å². The Morgan fingerprint density at radius 2 is 1.74 bits per heavy atom. The molecule has 0 heterocycles. The van der Waals surface area contributed by atoms with Gasteiger partial charge in [0.1, 0.15) is 0 Å². The van der Waals surface area contributed by atoms with Gasteiger partial charge in [-0.05, 0) is 50.9 Å². The smallest absolute Gasteiger partial charge is 0.223 e. The number of hydrogen-bond acceptors (Lipinski definition) is 2.